The van der Waals surface area contributed by atoms with E-state index < -0.39 is 18.3 Å². The molecule has 0 fully saturated rings. The van der Waals surface area contributed by atoms with E-state index >= 15 is 0 Å². The van der Waals surface area contributed by atoms with Gasteiger partial charge in [0, 0.05) is 10.8 Å². The number of benzene rings is 4. The average Bonchev–Trinajstić information content (AvgIpc) is 2.68. The van der Waals surface area contributed by atoms with Crippen LogP contribution in [0.5, 0.6) is 11.5 Å². The van der Waals surface area contributed by atoms with Crippen molar-refractivity contribution in [3.05, 3.63) is 84.9 Å². The van der Waals surface area contributed by atoms with Crippen LogP contribution in [0.25, 0.3) is 21.5 Å². The quantitative estimate of drug-likeness (QED) is 0.458. The summed E-state index contributed by atoms with van der Waals surface area (Å²) in [5.74, 6) is -0.189. The third-order valence-corrected chi connectivity index (χ3v) is 7.31. The number of fused-ring (bicyclic) bond motifs is 2. The summed E-state index contributed by atoms with van der Waals surface area (Å²) in [6, 6.07) is 23.2. The first-order chi connectivity index (χ1) is 13.4. The fourth-order valence-electron chi connectivity index (χ4n) is 2.84. The van der Waals surface area contributed by atoms with E-state index in [2.05, 4.69) is 0 Å². The van der Waals surface area contributed by atoms with Crippen molar-refractivity contribution in [1.82, 2.24) is 0 Å². The average molecular weight is 414 g/mol. The third kappa shape index (κ3) is 3.28. The molecule has 0 saturated heterocycles. The highest BCUT2D eigenvalue weighted by Gasteiger charge is 2.36. The van der Waals surface area contributed by atoms with Crippen LogP contribution in [0, 0.1) is 0 Å². The van der Waals surface area contributed by atoms with E-state index in [0.717, 1.165) is 0 Å². The Balaban J connectivity index is 1.72. The van der Waals surface area contributed by atoms with Gasteiger partial charge in [-0.05, 0) is 22.9 Å². The van der Waals surface area contributed by atoms with Crippen LogP contribution in [0.15, 0.2) is 84.9 Å². The zero-order valence-electron chi connectivity index (χ0n) is 14.3. The Kier molecular flexibility index (Phi) is 4.44. The molecule has 0 bridgehead atoms. The molecular formula is C20H14O6S2. The van der Waals surface area contributed by atoms with Crippen molar-refractivity contribution < 1.29 is 25.2 Å². The minimum atomic E-state index is -5.12. The summed E-state index contributed by atoms with van der Waals surface area (Å²) in [6.07, 6.45) is 0. The Bertz CT molecular complexity index is 1270. The Hall–Kier alpha value is -3.10. The topological polar surface area (TPSA) is 86.7 Å². The van der Waals surface area contributed by atoms with Gasteiger partial charge in [-0.1, -0.05) is 72.8 Å². The maximum atomic E-state index is 12.5. The summed E-state index contributed by atoms with van der Waals surface area (Å²) in [7, 11) is -10.2. The number of hydrogen-bond acceptors (Lipinski definition) is 6. The molecule has 4 rings (SSSR count). The fourth-order valence-corrected chi connectivity index (χ4v) is 4.68. The molecular weight excluding hydrogens is 400 g/mol. The molecule has 0 N–H and O–H groups in total. The maximum absolute atomic E-state index is 12.5. The first kappa shape index (κ1) is 18.3. The fraction of sp³-hybridized carbons (Fsp3) is 0. The Labute approximate surface area is 161 Å². The van der Waals surface area contributed by atoms with Crippen LogP contribution in [0.3, 0.4) is 0 Å². The first-order valence-electron chi connectivity index (χ1n) is 8.22. The zero-order valence-corrected chi connectivity index (χ0v) is 16.0. The van der Waals surface area contributed by atoms with Crippen LogP contribution in [-0.4, -0.2) is 16.8 Å². The molecule has 0 heterocycles. The molecule has 0 saturated carbocycles. The second-order valence-electron chi connectivity index (χ2n) is 5.94. The van der Waals surface area contributed by atoms with Crippen molar-refractivity contribution in [2.45, 2.75) is 0 Å². The Morgan fingerprint density at radius 1 is 0.464 bits per heavy atom. The van der Waals surface area contributed by atoms with E-state index in [1.807, 2.05) is 0 Å². The summed E-state index contributed by atoms with van der Waals surface area (Å²) in [5, 5.41) is 2.35. The summed E-state index contributed by atoms with van der Waals surface area (Å²) in [5.41, 5.74) is 0. The molecule has 6 nitrogen and oxygen atoms in total. The van der Waals surface area contributed by atoms with Crippen LogP contribution in [-0.2, 0) is 18.3 Å². The molecule has 0 amide bonds. The van der Waals surface area contributed by atoms with Crippen molar-refractivity contribution in [1.29, 1.82) is 0 Å². The van der Waals surface area contributed by atoms with E-state index in [1.54, 1.807) is 72.8 Å². The van der Waals surface area contributed by atoms with Gasteiger partial charge in [-0.2, -0.15) is 16.8 Å². The van der Waals surface area contributed by atoms with E-state index in [1.165, 1.54) is 12.1 Å². The molecule has 0 aliphatic carbocycles. The minimum Gasteiger partial charge on any atom is -0.368 e. The smallest absolute Gasteiger partial charge is 0.368 e. The lowest BCUT2D eigenvalue weighted by molar-refractivity contribution is 0.467. The van der Waals surface area contributed by atoms with Crippen molar-refractivity contribution in [2.24, 2.45) is 0 Å². The van der Waals surface area contributed by atoms with Gasteiger partial charge in [-0.3, -0.25) is 0 Å². The summed E-state index contributed by atoms with van der Waals surface area (Å²) in [4.78, 5) is 0. The summed E-state index contributed by atoms with van der Waals surface area (Å²) in [6.45, 7) is 0. The van der Waals surface area contributed by atoms with Gasteiger partial charge in [0.15, 0.2) is 11.5 Å². The lowest BCUT2D eigenvalue weighted by atomic mass is 10.1. The van der Waals surface area contributed by atoms with Gasteiger partial charge in [0.2, 0.25) is 0 Å². The van der Waals surface area contributed by atoms with Crippen molar-refractivity contribution >= 4 is 39.8 Å². The molecule has 4 aromatic rings. The molecule has 0 spiro atoms. The highest BCUT2D eigenvalue weighted by Crippen LogP contribution is 2.30. The van der Waals surface area contributed by atoms with Gasteiger partial charge < -0.3 is 8.37 Å². The van der Waals surface area contributed by atoms with Gasteiger partial charge >= 0.3 is 18.3 Å². The second-order valence-corrected chi connectivity index (χ2v) is 10.4. The molecule has 142 valence electrons. The largest absolute Gasteiger partial charge is 0.454 e. The van der Waals surface area contributed by atoms with Crippen molar-refractivity contribution in [3.8, 4) is 11.5 Å². The van der Waals surface area contributed by atoms with E-state index in [-0.39, 0.29) is 11.5 Å². The van der Waals surface area contributed by atoms with Crippen LogP contribution >= 0.6 is 0 Å². The van der Waals surface area contributed by atoms with Gasteiger partial charge in [0.05, 0.1) is 0 Å². The highest BCUT2D eigenvalue weighted by molar-refractivity contribution is 8.63. The zero-order chi connectivity index (χ0) is 19.8. The molecule has 28 heavy (non-hydrogen) atoms. The van der Waals surface area contributed by atoms with Gasteiger partial charge in [-0.15, -0.1) is 0 Å². The molecule has 8 heteroatoms. The highest BCUT2D eigenvalue weighted by atomic mass is 33.2. The van der Waals surface area contributed by atoms with Crippen LogP contribution in [0.1, 0.15) is 0 Å². The van der Waals surface area contributed by atoms with Crippen molar-refractivity contribution in [3.63, 3.8) is 0 Å². The summed E-state index contributed by atoms with van der Waals surface area (Å²) >= 11 is 0. The molecule has 0 radical (unpaired) electrons. The normalized spacial score (nSPS) is 12.1. The van der Waals surface area contributed by atoms with Crippen LogP contribution in [0.2, 0.25) is 0 Å². The predicted molar refractivity (Wildman–Crippen MR) is 107 cm³/mol. The number of rotatable bonds is 5. The third-order valence-electron chi connectivity index (χ3n) is 4.13. The van der Waals surface area contributed by atoms with E-state index in [4.69, 9.17) is 8.37 Å². The minimum absolute atomic E-state index is 0.0943. The van der Waals surface area contributed by atoms with Crippen LogP contribution < -0.4 is 8.37 Å². The molecule has 4 aromatic carbocycles. The van der Waals surface area contributed by atoms with Crippen LogP contribution in [0.4, 0.5) is 0 Å². The second kappa shape index (κ2) is 6.81. The number of hydrogen-bond donors (Lipinski definition) is 0. The SMILES string of the molecule is O=S(=O)(Oc1cccc2ccccc12)S(=O)(=O)Oc1cccc2ccccc12. The van der Waals surface area contributed by atoms with Crippen molar-refractivity contribution in [2.75, 3.05) is 0 Å². The lowest BCUT2D eigenvalue weighted by Gasteiger charge is -2.12. The monoisotopic (exact) mass is 414 g/mol. The molecule has 0 aromatic heterocycles. The standard InChI is InChI=1S/C20H14O6S2/c21-27(22,25-19-13-5-9-15-7-1-3-11-17(15)19)28(23,24)26-20-14-6-10-16-8-2-4-12-18(16)20/h1-14H. The molecule has 0 aliphatic rings. The Morgan fingerprint density at radius 3 is 1.25 bits per heavy atom. The maximum Gasteiger partial charge on any atom is 0.454 e. The van der Waals surface area contributed by atoms with E-state index in [0.29, 0.717) is 21.5 Å². The predicted octanol–water partition coefficient (Wildman–Crippen LogP) is 4.03. The van der Waals surface area contributed by atoms with Gasteiger partial charge in [-0.25, -0.2) is 0 Å². The molecule has 0 aliphatic heterocycles. The van der Waals surface area contributed by atoms with E-state index in [9.17, 15) is 16.8 Å². The summed E-state index contributed by atoms with van der Waals surface area (Å²) < 4.78 is 59.7. The first-order valence-corrected chi connectivity index (χ1v) is 11.6. The van der Waals surface area contributed by atoms with Gasteiger partial charge in [0.25, 0.3) is 0 Å². The Morgan fingerprint density at radius 2 is 0.821 bits per heavy atom. The lowest BCUT2D eigenvalue weighted by Crippen LogP contribution is -2.25. The van der Waals surface area contributed by atoms with Gasteiger partial charge in [0.1, 0.15) is 0 Å². The molecule has 0 unspecified atom stereocenters. The molecule has 0 atom stereocenters.